The average molecular weight is 899 g/mol. The molecule has 4 aliphatic heterocycles. The molecule has 7 N–H and O–H groups in total. The smallest absolute Gasteiger partial charge is 0.331 e. The Labute approximate surface area is 366 Å². The molecule has 8 aliphatic rings. The number of aliphatic hydroxyl groups is 7. The molecule has 19 nitrogen and oxygen atoms in total. The van der Waals surface area contributed by atoms with Gasteiger partial charge in [0.2, 0.25) is 0 Å². The number of hydrogen-bond donors (Lipinski definition) is 7. The fourth-order valence-corrected chi connectivity index (χ4v) is 13.2. The molecule has 356 valence electrons. The van der Waals surface area contributed by atoms with Crippen molar-refractivity contribution in [1.82, 2.24) is 0 Å². The molecule has 0 radical (unpaired) electrons. The van der Waals surface area contributed by atoms with Gasteiger partial charge < -0.3 is 78.4 Å². The van der Waals surface area contributed by atoms with Crippen molar-refractivity contribution in [3.05, 3.63) is 11.6 Å². The molecule has 3 saturated heterocycles. The first-order chi connectivity index (χ1) is 29.9. The molecule has 7 fully saturated rings. The van der Waals surface area contributed by atoms with Gasteiger partial charge in [-0.05, 0) is 81.1 Å². The predicted octanol–water partition coefficient (Wildman–Crippen LogP) is -0.462. The van der Waals surface area contributed by atoms with Gasteiger partial charge >= 0.3 is 11.9 Å². The third-order valence-electron chi connectivity index (χ3n) is 16.4. The van der Waals surface area contributed by atoms with Crippen LogP contribution < -0.4 is 0 Å². The fraction of sp³-hybridized carbons (Fsp3) is 0.886. The standard InChI is InChI=1S/C44H66O19/c1-19-37(63-40-36(53)34(51)32(49)27(62-40)18-57-39-35(52)33(50)31(48)26(16-45)61-39)25(55-5)15-30(58-19)60-24-8-10-42(3)23(38(24)59-20(2)46)7-13-44-12-6-22(21-14-29(47)56-17-21)43(4,41(44)54)11-9-28(42)44/h14,19,22-28,30-40,45,48-53H,6-13,15-18H2,1-5H3. The van der Waals surface area contributed by atoms with Gasteiger partial charge in [-0.2, -0.15) is 0 Å². The number of esters is 2. The lowest BCUT2D eigenvalue weighted by atomic mass is 9.37. The largest absolute Gasteiger partial charge is 0.459 e. The lowest BCUT2D eigenvalue weighted by Crippen LogP contribution is -2.67. The molecule has 4 saturated carbocycles. The van der Waals surface area contributed by atoms with E-state index in [2.05, 4.69) is 13.8 Å². The zero-order chi connectivity index (χ0) is 45.3. The summed E-state index contributed by atoms with van der Waals surface area (Å²) in [7, 11) is 1.48. The van der Waals surface area contributed by atoms with E-state index in [0.29, 0.717) is 31.5 Å². The van der Waals surface area contributed by atoms with Gasteiger partial charge in [0.05, 0.1) is 31.5 Å². The topological polar surface area (TPSA) is 276 Å². The number of carbonyl (C=O) groups excluding carboxylic acids is 3. The molecular formula is C44H66O19. The van der Waals surface area contributed by atoms with E-state index in [1.54, 1.807) is 13.0 Å². The van der Waals surface area contributed by atoms with E-state index in [0.717, 1.165) is 31.3 Å². The van der Waals surface area contributed by atoms with E-state index < -0.39 is 128 Å². The van der Waals surface area contributed by atoms with Gasteiger partial charge in [-0.1, -0.05) is 13.8 Å². The molecule has 0 aromatic rings. The van der Waals surface area contributed by atoms with E-state index in [1.807, 2.05) is 0 Å². The molecule has 2 bridgehead atoms. The zero-order valence-electron chi connectivity index (χ0n) is 36.6. The number of ether oxygens (including phenoxy) is 9. The Morgan fingerprint density at radius 3 is 2.14 bits per heavy atom. The van der Waals surface area contributed by atoms with E-state index in [9.17, 15) is 50.1 Å². The van der Waals surface area contributed by atoms with Crippen molar-refractivity contribution in [1.29, 1.82) is 0 Å². The molecule has 63 heavy (non-hydrogen) atoms. The third-order valence-corrected chi connectivity index (χ3v) is 16.4. The minimum atomic E-state index is -1.75. The lowest BCUT2D eigenvalue weighted by Gasteiger charge is -2.67. The summed E-state index contributed by atoms with van der Waals surface area (Å²) in [6.45, 7) is 6.51. The quantitative estimate of drug-likeness (QED) is 0.102. The Bertz CT molecular complexity index is 1730. The Morgan fingerprint density at radius 1 is 0.794 bits per heavy atom. The molecule has 22 atom stereocenters. The Balaban J connectivity index is 0.916. The van der Waals surface area contributed by atoms with Crippen LogP contribution in [0.25, 0.3) is 0 Å². The maximum absolute atomic E-state index is 14.8. The van der Waals surface area contributed by atoms with Crippen molar-refractivity contribution in [2.24, 2.45) is 34.0 Å². The summed E-state index contributed by atoms with van der Waals surface area (Å²) in [5.74, 6) is -0.472. The van der Waals surface area contributed by atoms with Crippen LogP contribution in [0.4, 0.5) is 0 Å². The van der Waals surface area contributed by atoms with Gasteiger partial charge in [0.15, 0.2) is 18.9 Å². The van der Waals surface area contributed by atoms with Crippen molar-refractivity contribution in [3.8, 4) is 0 Å². The Morgan fingerprint density at radius 2 is 1.48 bits per heavy atom. The molecule has 22 unspecified atom stereocenters. The molecule has 1 spiro atoms. The van der Waals surface area contributed by atoms with Gasteiger partial charge in [0, 0.05) is 43.3 Å². The SMILES string of the molecule is COC1CC(OC2CCC3(C)C(CCC45CCC(C6=CC(=O)OC6)C(C)(CCC43)C5=O)C2OC(C)=O)OC(C)C1OC1OC(COC2OC(CO)C(O)C(O)C2O)C(O)C(O)C1O. The van der Waals surface area contributed by atoms with Gasteiger partial charge in [-0.15, -0.1) is 0 Å². The van der Waals surface area contributed by atoms with Gasteiger partial charge in [0.25, 0.3) is 0 Å². The van der Waals surface area contributed by atoms with Crippen molar-refractivity contribution >= 4 is 17.7 Å². The fourth-order valence-electron chi connectivity index (χ4n) is 13.2. The summed E-state index contributed by atoms with van der Waals surface area (Å²) >= 11 is 0. The first kappa shape index (κ1) is 47.3. The zero-order valence-corrected chi connectivity index (χ0v) is 36.6. The normalized spacial score (nSPS) is 51.1. The molecule has 8 rings (SSSR count). The number of Topliss-reactive ketones (excluding diaryl/α,β-unsaturated/α-hetero) is 1. The number of fused-ring (bicyclic) bond motifs is 3. The maximum atomic E-state index is 14.8. The van der Waals surface area contributed by atoms with E-state index in [4.69, 9.17) is 42.6 Å². The van der Waals surface area contributed by atoms with Crippen LogP contribution in [0, 0.1) is 34.0 Å². The van der Waals surface area contributed by atoms with Crippen LogP contribution in [0.2, 0.25) is 0 Å². The third kappa shape index (κ3) is 8.23. The summed E-state index contributed by atoms with van der Waals surface area (Å²) in [6, 6.07) is 0. The van der Waals surface area contributed by atoms with Crippen molar-refractivity contribution in [2.45, 2.75) is 184 Å². The van der Waals surface area contributed by atoms with E-state index >= 15 is 0 Å². The molecule has 4 heterocycles. The van der Waals surface area contributed by atoms with Crippen LogP contribution in [0.3, 0.4) is 0 Å². The summed E-state index contributed by atoms with van der Waals surface area (Å²) < 4.78 is 53.4. The van der Waals surface area contributed by atoms with Crippen LogP contribution in [-0.4, -0.2) is 179 Å². The van der Waals surface area contributed by atoms with Gasteiger partial charge in [-0.3, -0.25) is 9.59 Å². The summed E-state index contributed by atoms with van der Waals surface area (Å²) in [4.78, 5) is 39.6. The minimum absolute atomic E-state index is 0.0188. The number of rotatable bonds is 11. The second-order valence-corrected chi connectivity index (χ2v) is 19.8. The number of aliphatic hydroxyl groups excluding tert-OH is 7. The van der Waals surface area contributed by atoms with Crippen molar-refractivity contribution in [3.63, 3.8) is 0 Å². The van der Waals surface area contributed by atoms with Crippen molar-refractivity contribution in [2.75, 3.05) is 26.9 Å². The number of methoxy groups -OCH3 is 1. The molecule has 0 aromatic heterocycles. The summed E-state index contributed by atoms with van der Waals surface area (Å²) in [5.41, 5.74) is -0.442. The van der Waals surface area contributed by atoms with E-state index in [-0.39, 0.29) is 42.2 Å². The highest BCUT2D eigenvalue weighted by molar-refractivity contribution is 5.94. The molecule has 0 amide bonds. The Kier molecular flexibility index (Phi) is 13.6. The minimum Gasteiger partial charge on any atom is -0.459 e. The Hall–Kier alpha value is -2.21. The van der Waals surface area contributed by atoms with E-state index in [1.165, 1.54) is 14.0 Å². The summed E-state index contributed by atoms with van der Waals surface area (Å²) in [5, 5.41) is 72.7. The number of hydrogen-bond acceptors (Lipinski definition) is 19. The van der Waals surface area contributed by atoms with Crippen LogP contribution in [0.1, 0.15) is 85.5 Å². The number of ketones is 1. The van der Waals surface area contributed by atoms with Crippen LogP contribution in [-0.2, 0) is 57.0 Å². The predicted molar refractivity (Wildman–Crippen MR) is 212 cm³/mol. The highest BCUT2D eigenvalue weighted by Crippen LogP contribution is 2.70. The first-order valence-electron chi connectivity index (χ1n) is 22.6. The molecule has 19 heteroatoms. The van der Waals surface area contributed by atoms with Crippen molar-refractivity contribution < 1.29 is 92.8 Å². The highest BCUT2D eigenvalue weighted by atomic mass is 16.8. The number of cyclic esters (lactones) is 1. The molecule has 0 aromatic carbocycles. The number of carbonyl (C=O) groups is 3. The molecule has 4 aliphatic carbocycles. The monoisotopic (exact) mass is 898 g/mol. The van der Waals surface area contributed by atoms with Gasteiger partial charge in [0.1, 0.15) is 73.4 Å². The second kappa shape index (κ2) is 18.1. The highest BCUT2D eigenvalue weighted by Gasteiger charge is 2.69. The maximum Gasteiger partial charge on any atom is 0.331 e. The lowest BCUT2D eigenvalue weighted by molar-refractivity contribution is -0.356. The summed E-state index contributed by atoms with van der Waals surface area (Å²) in [6.07, 6.45) is -12.5. The molecular weight excluding hydrogens is 832 g/mol. The average Bonchev–Trinajstić information content (AvgIpc) is 3.67. The van der Waals surface area contributed by atoms with Crippen LogP contribution in [0.5, 0.6) is 0 Å². The van der Waals surface area contributed by atoms with Crippen LogP contribution >= 0.6 is 0 Å². The first-order valence-corrected chi connectivity index (χ1v) is 22.6. The second-order valence-electron chi connectivity index (χ2n) is 19.8. The van der Waals surface area contributed by atoms with Gasteiger partial charge in [-0.25, -0.2) is 4.79 Å². The van der Waals surface area contributed by atoms with Crippen LogP contribution in [0.15, 0.2) is 11.6 Å².